The Morgan fingerprint density at radius 3 is 1.44 bits per heavy atom. The van der Waals surface area contributed by atoms with Gasteiger partial charge in [0.15, 0.2) is 0 Å². The van der Waals surface area contributed by atoms with Crippen LogP contribution in [0.2, 0.25) is 0 Å². The Hall–Kier alpha value is -1.20. The third-order valence-electron chi connectivity index (χ3n) is 3.86. The first-order chi connectivity index (χ1) is 11.7. The van der Waals surface area contributed by atoms with E-state index in [1.807, 2.05) is 26.0 Å². The average molecular weight is 393 g/mol. The Morgan fingerprint density at radius 2 is 1.16 bits per heavy atom. The lowest BCUT2D eigenvalue weighted by atomic mass is 10.1. The molecule has 0 amide bonds. The number of sulfonamides is 2. The minimum atomic E-state index is -4.23. The van der Waals surface area contributed by atoms with Crippen molar-refractivity contribution in [3.63, 3.8) is 0 Å². The topological polar surface area (TPSA) is 140 Å². The molecule has 144 valence electrons. The summed E-state index contributed by atoms with van der Waals surface area (Å²) in [6.45, 7) is 3.45. The van der Waals surface area contributed by atoms with Crippen molar-refractivity contribution in [3.05, 3.63) is 0 Å². The van der Waals surface area contributed by atoms with Gasteiger partial charge in [-0.05, 0) is 12.8 Å². The zero-order valence-corrected chi connectivity index (χ0v) is 16.5. The second-order valence-corrected chi connectivity index (χ2v) is 10.1. The highest BCUT2D eigenvalue weighted by Crippen LogP contribution is 2.35. The van der Waals surface area contributed by atoms with Gasteiger partial charge in [-0.1, -0.05) is 39.5 Å². The molecule has 0 bridgehead atoms. The van der Waals surface area contributed by atoms with Gasteiger partial charge in [-0.2, -0.15) is 10.5 Å². The molecule has 0 aliphatic carbocycles. The maximum atomic E-state index is 12.9. The van der Waals surface area contributed by atoms with Crippen LogP contribution in [0.15, 0.2) is 0 Å². The minimum Gasteiger partial charge on any atom is -0.213 e. The fourth-order valence-electron chi connectivity index (χ4n) is 2.44. The second-order valence-electron chi connectivity index (χ2n) is 5.73. The summed E-state index contributed by atoms with van der Waals surface area (Å²) >= 11 is 0. The van der Waals surface area contributed by atoms with E-state index in [1.165, 1.54) is 0 Å². The molecule has 0 aromatic rings. The molecule has 0 aromatic heterocycles. The van der Waals surface area contributed by atoms with Gasteiger partial charge in [0.25, 0.3) is 0 Å². The van der Waals surface area contributed by atoms with E-state index in [-0.39, 0.29) is 38.8 Å². The van der Waals surface area contributed by atoms with Crippen LogP contribution < -0.4 is 9.44 Å². The summed E-state index contributed by atoms with van der Waals surface area (Å²) in [6.07, 6.45) is 2.01. The summed E-state index contributed by atoms with van der Waals surface area (Å²) in [6, 6.07) is 3.66. The second kappa shape index (κ2) is 11.4. The Kier molecular flexibility index (Phi) is 10.9. The van der Waals surface area contributed by atoms with E-state index in [4.69, 9.17) is 10.5 Å². The Labute approximate surface area is 151 Å². The van der Waals surface area contributed by atoms with Gasteiger partial charge in [-0.3, -0.25) is 0 Å². The highest BCUT2D eigenvalue weighted by atomic mass is 32.3. The fourth-order valence-corrected chi connectivity index (χ4v) is 6.87. The van der Waals surface area contributed by atoms with Crippen molar-refractivity contribution in [3.8, 4) is 12.1 Å². The van der Waals surface area contributed by atoms with Crippen molar-refractivity contribution in [1.82, 2.24) is 9.44 Å². The van der Waals surface area contributed by atoms with Crippen LogP contribution >= 0.6 is 0 Å². The van der Waals surface area contributed by atoms with Crippen LogP contribution in [0.4, 0.5) is 0 Å². The summed E-state index contributed by atoms with van der Waals surface area (Å²) < 4.78 is 54.2. The number of hydrogen-bond donors (Lipinski definition) is 2. The number of nitrogens with one attached hydrogen (secondary N) is 2. The molecule has 0 radical (unpaired) electrons. The van der Waals surface area contributed by atoms with Gasteiger partial charge in [-0.15, -0.1) is 0 Å². The molecule has 0 unspecified atom stereocenters. The third-order valence-corrected chi connectivity index (χ3v) is 9.12. The number of rotatable bonds is 14. The van der Waals surface area contributed by atoms with Gasteiger partial charge >= 0.3 is 0 Å². The zero-order valence-electron chi connectivity index (χ0n) is 14.9. The molecule has 0 aromatic carbocycles. The maximum absolute atomic E-state index is 12.9. The predicted octanol–water partition coefficient (Wildman–Crippen LogP) is 1.73. The molecule has 0 rings (SSSR count). The molecular weight excluding hydrogens is 364 g/mol. The molecule has 10 heteroatoms. The van der Waals surface area contributed by atoms with Crippen LogP contribution in [0.25, 0.3) is 0 Å². The van der Waals surface area contributed by atoms with Crippen molar-refractivity contribution in [1.29, 1.82) is 10.5 Å². The van der Waals surface area contributed by atoms with E-state index in [0.29, 0.717) is 25.7 Å². The van der Waals surface area contributed by atoms with Crippen LogP contribution in [-0.2, 0) is 20.0 Å². The summed E-state index contributed by atoms with van der Waals surface area (Å²) in [7, 11) is -8.46. The molecule has 0 fully saturated rings. The number of nitrogens with zero attached hydrogens (tertiary/aromatic N) is 2. The highest BCUT2D eigenvalue weighted by molar-refractivity contribution is 8.08. The molecule has 0 aliphatic heterocycles. The number of unbranched alkanes of at least 4 members (excludes halogenated alkanes) is 2. The summed E-state index contributed by atoms with van der Waals surface area (Å²) in [5.74, 6) is 0. The summed E-state index contributed by atoms with van der Waals surface area (Å²) in [4.78, 5) is 0. The van der Waals surface area contributed by atoms with Crippen LogP contribution in [-0.4, -0.2) is 34.0 Å². The highest BCUT2D eigenvalue weighted by Gasteiger charge is 2.53. The van der Waals surface area contributed by atoms with Gasteiger partial charge in [0.1, 0.15) is 0 Å². The van der Waals surface area contributed by atoms with Crippen LogP contribution in [0, 0.1) is 22.7 Å². The van der Waals surface area contributed by atoms with Gasteiger partial charge in [0.2, 0.25) is 24.1 Å². The van der Waals surface area contributed by atoms with E-state index in [1.54, 1.807) is 0 Å². The molecule has 2 N–H and O–H groups in total. The first-order valence-electron chi connectivity index (χ1n) is 8.47. The fraction of sp³-hybridized carbons (Fsp3) is 0.867. The first kappa shape index (κ1) is 23.8. The predicted molar refractivity (Wildman–Crippen MR) is 96.1 cm³/mol. The maximum Gasteiger partial charge on any atom is 0.233 e. The lowest BCUT2D eigenvalue weighted by Gasteiger charge is -2.33. The first-order valence-corrected chi connectivity index (χ1v) is 11.4. The largest absolute Gasteiger partial charge is 0.233 e. The lowest BCUT2D eigenvalue weighted by Crippen LogP contribution is -2.56. The quantitative estimate of drug-likeness (QED) is 0.431. The van der Waals surface area contributed by atoms with Crippen LogP contribution in [0.5, 0.6) is 0 Å². The minimum absolute atomic E-state index is 0.0345. The van der Waals surface area contributed by atoms with Crippen LogP contribution in [0.3, 0.4) is 0 Å². The number of nitriles is 2. The van der Waals surface area contributed by atoms with Gasteiger partial charge < -0.3 is 0 Å². The average Bonchev–Trinajstić information content (AvgIpc) is 2.55. The Bertz CT molecular complexity index is 615. The van der Waals surface area contributed by atoms with E-state index in [2.05, 4.69) is 9.44 Å². The lowest BCUT2D eigenvalue weighted by molar-refractivity contribution is 0.473. The van der Waals surface area contributed by atoms with Crippen molar-refractivity contribution in [2.75, 3.05) is 13.1 Å². The molecule has 0 atom stereocenters. The third kappa shape index (κ3) is 6.55. The monoisotopic (exact) mass is 392 g/mol. The van der Waals surface area contributed by atoms with Crippen molar-refractivity contribution in [2.45, 2.75) is 69.3 Å². The van der Waals surface area contributed by atoms with E-state index in [9.17, 15) is 16.8 Å². The Morgan fingerprint density at radius 1 is 0.800 bits per heavy atom. The standard InChI is InChI=1S/C15H28N4O4S2/c1-3-5-9-15(10-6-4-2,24(20,21)18-13-7-11-16)25(22,23)19-14-8-12-17/h18-19H,3-10,13-14H2,1-2H3. The SMILES string of the molecule is CCCCC(CCCC)(S(=O)(=O)NCCC#N)S(=O)(=O)NCCC#N. The van der Waals surface area contributed by atoms with Gasteiger partial charge in [0.05, 0.1) is 12.1 Å². The van der Waals surface area contributed by atoms with Gasteiger partial charge in [-0.25, -0.2) is 26.3 Å². The number of hydrogen-bond acceptors (Lipinski definition) is 6. The van der Waals surface area contributed by atoms with Gasteiger partial charge in [0, 0.05) is 25.9 Å². The molecular formula is C15H28N4O4S2. The summed E-state index contributed by atoms with van der Waals surface area (Å²) in [5.41, 5.74) is 0. The summed E-state index contributed by atoms with van der Waals surface area (Å²) in [5, 5.41) is 17.2. The molecule has 25 heavy (non-hydrogen) atoms. The van der Waals surface area contributed by atoms with E-state index in [0.717, 1.165) is 0 Å². The Balaban J connectivity index is 5.95. The van der Waals surface area contributed by atoms with Crippen LogP contribution in [0.1, 0.15) is 65.2 Å². The zero-order chi connectivity index (χ0) is 19.4. The molecule has 0 saturated carbocycles. The molecule has 0 heterocycles. The smallest absolute Gasteiger partial charge is 0.213 e. The van der Waals surface area contributed by atoms with E-state index < -0.39 is 24.1 Å². The van der Waals surface area contributed by atoms with E-state index >= 15 is 0 Å². The molecule has 0 saturated heterocycles. The van der Waals surface area contributed by atoms with Crippen molar-refractivity contribution in [2.24, 2.45) is 0 Å². The molecule has 0 spiro atoms. The van der Waals surface area contributed by atoms with Crippen molar-refractivity contribution >= 4 is 20.0 Å². The normalized spacial score (nSPS) is 12.5. The van der Waals surface area contributed by atoms with Crippen molar-refractivity contribution < 1.29 is 16.8 Å². The molecule has 8 nitrogen and oxygen atoms in total. The molecule has 0 aliphatic rings.